The number of hydrogen-bond donors (Lipinski definition) is 1. The lowest BCUT2D eigenvalue weighted by Crippen LogP contribution is -2.11. The van der Waals surface area contributed by atoms with Crippen molar-refractivity contribution in [3.63, 3.8) is 0 Å². The molecule has 0 aromatic heterocycles. The van der Waals surface area contributed by atoms with Gasteiger partial charge in [0, 0.05) is 34.8 Å². The van der Waals surface area contributed by atoms with Crippen LogP contribution in [0.5, 0.6) is 11.5 Å². The lowest BCUT2D eigenvalue weighted by molar-refractivity contribution is -0.131. The van der Waals surface area contributed by atoms with Gasteiger partial charge in [-0.1, -0.05) is 54.1 Å². The van der Waals surface area contributed by atoms with E-state index in [1.807, 2.05) is 30.3 Å². The van der Waals surface area contributed by atoms with Crippen molar-refractivity contribution in [3.8, 4) is 11.5 Å². The fraction of sp³-hybridized carbons (Fsp3) is 0.0833. The van der Waals surface area contributed by atoms with Gasteiger partial charge in [0.15, 0.2) is 0 Å². The zero-order valence-electron chi connectivity index (χ0n) is 16.3. The van der Waals surface area contributed by atoms with Crippen LogP contribution in [0.2, 0.25) is 5.02 Å². The predicted octanol–water partition coefficient (Wildman–Crippen LogP) is 5.50. The molecule has 0 fully saturated rings. The van der Waals surface area contributed by atoms with E-state index in [1.54, 1.807) is 48.5 Å². The third-order valence-corrected chi connectivity index (χ3v) is 4.29. The van der Waals surface area contributed by atoms with Gasteiger partial charge in [0.25, 0.3) is 0 Å². The number of nitrogens with one attached hydrogen (secondary N) is 1. The van der Waals surface area contributed by atoms with E-state index in [-0.39, 0.29) is 12.5 Å². The first-order valence-corrected chi connectivity index (χ1v) is 9.62. The van der Waals surface area contributed by atoms with Crippen LogP contribution in [0.1, 0.15) is 18.1 Å². The average Bonchev–Trinajstić information content (AvgIpc) is 2.72. The lowest BCUT2D eigenvalue weighted by Gasteiger charge is -2.11. The van der Waals surface area contributed by atoms with E-state index in [4.69, 9.17) is 21.1 Å². The van der Waals surface area contributed by atoms with Crippen LogP contribution in [0.25, 0.3) is 6.08 Å². The summed E-state index contributed by atoms with van der Waals surface area (Å²) in [5.74, 6) is 0.298. The van der Waals surface area contributed by atoms with E-state index in [0.717, 1.165) is 5.56 Å². The molecule has 3 rings (SSSR count). The van der Waals surface area contributed by atoms with Crippen molar-refractivity contribution in [3.05, 3.63) is 95.0 Å². The SMILES string of the molecule is CC(=O)Oc1ccccc1/C=C/C(=O)Nc1ccccc1COc1cccc(Cl)c1. The lowest BCUT2D eigenvalue weighted by atomic mass is 10.1. The average molecular weight is 422 g/mol. The Morgan fingerprint density at radius 3 is 2.57 bits per heavy atom. The van der Waals surface area contributed by atoms with Crippen LogP contribution in [0.3, 0.4) is 0 Å². The number of ether oxygens (including phenoxy) is 2. The van der Waals surface area contributed by atoms with Gasteiger partial charge in [0.2, 0.25) is 5.91 Å². The fourth-order valence-electron chi connectivity index (χ4n) is 2.69. The summed E-state index contributed by atoms with van der Waals surface area (Å²) in [6.07, 6.45) is 2.98. The van der Waals surface area contributed by atoms with Crippen LogP contribution in [0.4, 0.5) is 5.69 Å². The van der Waals surface area contributed by atoms with Gasteiger partial charge in [-0.05, 0) is 36.4 Å². The number of carbonyl (C=O) groups is 2. The summed E-state index contributed by atoms with van der Waals surface area (Å²) in [6, 6.07) is 21.5. The monoisotopic (exact) mass is 421 g/mol. The molecular formula is C24H20ClNO4. The van der Waals surface area contributed by atoms with Crippen molar-refractivity contribution in [1.29, 1.82) is 0 Å². The molecule has 6 heteroatoms. The standard InChI is InChI=1S/C24H20ClNO4/c1-17(27)30-23-12-5-3-7-18(23)13-14-24(28)26-22-11-4-2-8-19(22)16-29-21-10-6-9-20(25)15-21/h2-15H,16H2,1H3,(H,26,28)/b14-13+. The summed E-state index contributed by atoms with van der Waals surface area (Å²) in [7, 11) is 0. The number of halogens is 1. The second kappa shape index (κ2) is 10.3. The van der Waals surface area contributed by atoms with Gasteiger partial charge in [0.05, 0.1) is 0 Å². The van der Waals surface area contributed by atoms with Crippen molar-refractivity contribution >= 4 is 35.2 Å². The number of anilines is 1. The Labute approximate surface area is 179 Å². The molecule has 0 unspecified atom stereocenters. The number of hydrogen-bond acceptors (Lipinski definition) is 4. The fourth-order valence-corrected chi connectivity index (χ4v) is 2.87. The minimum absolute atomic E-state index is 0.274. The Hall–Kier alpha value is -3.57. The van der Waals surface area contributed by atoms with Gasteiger partial charge >= 0.3 is 5.97 Å². The van der Waals surface area contributed by atoms with Crippen molar-refractivity contribution in [2.24, 2.45) is 0 Å². The number of benzene rings is 3. The molecule has 152 valence electrons. The molecule has 0 atom stereocenters. The van der Waals surface area contributed by atoms with Crippen molar-refractivity contribution in [2.45, 2.75) is 13.5 Å². The van der Waals surface area contributed by atoms with Crippen molar-refractivity contribution < 1.29 is 19.1 Å². The summed E-state index contributed by atoms with van der Waals surface area (Å²) >= 11 is 5.98. The Kier molecular flexibility index (Phi) is 7.24. The third kappa shape index (κ3) is 6.22. The predicted molar refractivity (Wildman–Crippen MR) is 118 cm³/mol. The van der Waals surface area contributed by atoms with E-state index in [2.05, 4.69) is 5.32 Å². The van der Waals surface area contributed by atoms with Gasteiger partial charge in [-0.2, -0.15) is 0 Å². The first-order valence-electron chi connectivity index (χ1n) is 9.24. The summed E-state index contributed by atoms with van der Waals surface area (Å²) in [5, 5.41) is 3.44. The Morgan fingerprint density at radius 1 is 1.00 bits per heavy atom. The van der Waals surface area contributed by atoms with Gasteiger partial charge in [0.1, 0.15) is 18.1 Å². The van der Waals surface area contributed by atoms with Crippen LogP contribution in [0, 0.1) is 0 Å². The molecule has 3 aromatic carbocycles. The van der Waals surface area contributed by atoms with Gasteiger partial charge in [-0.25, -0.2) is 0 Å². The summed E-state index contributed by atoms with van der Waals surface area (Å²) in [5.41, 5.74) is 2.09. The van der Waals surface area contributed by atoms with Crippen LogP contribution >= 0.6 is 11.6 Å². The molecule has 0 bridgehead atoms. The normalized spacial score (nSPS) is 10.6. The Morgan fingerprint density at radius 2 is 1.77 bits per heavy atom. The van der Waals surface area contributed by atoms with E-state index in [9.17, 15) is 9.59 Å². The third-order valence-electron chi connectivity index (χ3n) is 4.05. The molecule has 5 nitrogen and oxygen atoms in total. The van der Waals surface area contributed by atoms with Crippen LogP contribution in [-0.2, 0) is 16.2 Å². The van der Waals surface area contributed by atoms with E-state index < -0.39 is 5.97 Å². The van der Waals surface area contributed by atoms with Crippen molar-refractivity contribution in [2.75, 3.05) is 5.32 Å². The largest absolute Gasteiger partial charge is 0.489 e. The maximum atomic E-state index is 12.4. The maximum absolute atomic E-state index is 12.4. The summed E-state index contributed by atoms with van der Waals surface area (Å²) in [4.78, 5) is 23.6. The van der Waals surface area contributed by atoms with E-state index in [1.165, 1.54) is 13.0 Å². The van der Waals surface area contributed by atoms with Crippen LogP contribution < -0.4 is 14.8 Å². The minimum atomic E-state index is -0.422. The van der Waals surface area contributed by atoms with Crippen LogP contribution in [-0.4, -0.2) is 11.9 Å². The first-order chi connectivity index (χ1) is 14.5. The summed E-state index contributed by atoms with van der Waals surface area (Å²) in [6.45, 7) is 1.60. The highest BCUT2D eigenvalue weighted by atomic mass is 35.5. The van der Waals surface area contributed by atoms with Crippen molar-refractivity contribution in [1.82, 2.24) is 0 Å². The van der Waals surface area contributed by atoms with Gasteiger partial charge in [-0.3, -0.25) is 9.59 Å². The Bertz CT molecular complexity index is 1080. The summed E-state index contributed by atoms with van der Waals surface area (Å²) < 4.78 is 10.9. The minimum Gasteiger partial charge on any atom is -0.489 e. The van der Waals surface area contributed by atoms with E-state index in [0.29, 0.717) is 27.8 Å². The van der Waals surface area contributed by atoms with Crippen LogP contribution in [0.15, 0.2) is 78.9 Å². The molecular weight excluding hydrogens is 402 g/mol. The molecule has 0 radical (unpaired) electrons. The quantitative estimate of drug-likeness (QED) is 0.311. The number of rotatable bonds is 7. The maximum Gasteiger partial charge on any atom is 0.308 e. The highest BCUT2D eigenvalue weighted by Crippen LogP contribution is 2.22. The molecule has 3 aromatic rings. The number of amides is 1. The molecule has 0 aliphatic carbocycles. The van der Waals surface area contributed by atoms with E-state index >= 15 is 0 Å². The zero-order valence-corrected chi connectivity index (χ0v) is 17.1. The molecule has 1 N–H and O–H groups in total. The molecule has 0 aliphatic heterocycles. The van der Waals surface area contributed by atoms with Gasteiger partial charge in [-0.15, -0.1) is 0 Å². The molecule has 0 saturated heterocycles. The second-order valence-electron chi connectivity index (χ2n) is 6.36. The molecule has 0 spiro atoms. The number of carbonyl (C=O) groups excluding carboxylic acids is 2. The smallest absolute Gasteiger partial charge is 0.308 e. The zero-order chi connectivity index (χ0) is 21.3. The topological polar surface area (TPSA) is 64.6 Å². The Balaban J connectivity index is 1.67. The number of esters is 1. The molecule has 0 saturated carbocycles. The molecule has 0 heterocycles. The first kappa shape index (κ1) is 21.1. The molecule has 1 amide bonds. The highest BCUT2D eigenvalue weighted by Gasteiger charge is 2.07. The molecule has 30 heavy (non-hydrogen) atoms. The molecule has 0 aliphatic rings. The second-order valence-corrected chi connectivity index (χ2v) is 6.79. The number of para-hydroxylation sites is 2. The van der Waals surface area contributed by atoms with Gasteiger partial charge < -0.3 is 14.8 Å². The highest BCUT2D eigenvalue weighted by molar-refractivity contribution is 6.30.